The summed E-state index contributed by atoms with van der Waals surface area (Å²) in [6.07, 6.45) is 3.71. The topological polar surface area (TPSA) is 83.0 Å². The van der Waals surface area contributed by atoms with Gasteiger partial charge in [-0.05, 0) is 43.7 Å². The Kier molecular flexibility index (Phi) is 8.83. The van der Waals surface area contributed by atoms with Crippen LogP contribution < -0.4 is 10.6 Å². The van der Waals surface area contributed by atoms with E-state index in [-0.39, 0.29) is 6.61 Å². The van der Waals surface area contributed by atoms with E-state index in [2.05, 4.69) is 64.3 Å². The second-order valence-electron chi connectivity index (χ2n) is 7.62. The average molecular weight is 400 g/mol. The number of aliphatic hydroxyl groups excluding tert-OH is 1. The largest absolute Gasteiger partial charge is 0.395 e. The lowest BCUT2D eigenvalue weighted by molar-refractivity contribution is 0.311. The van der Waals surface area contributed by atoms with Gasteiger partial charge in [0, 0.05) is 23.8 Å². The van der Waals surface area contributed by atoms with E-state index in [4.69, 9.17) is 15.0 Å². The summed E-state index contributed by atoms with van der Waals surface area (Å²) < 4.78 is 0. The van der Waals surface area contributed by atoms with Crippen LogP contribution in [0.5, 0.6) is 0 Å². The molecule has 0 saturated carbocycles. The van der Waals surface area contributed by atoms with Crippen molar-refractivity contribution in [3.63, 3.8) is 0 Å². The molecule has 0 aliphatic heterocycles. The third-order valence-electron chi connectivity index (χ3n) is 5.20. The number of aromatic nitrogens is 3. The lowest BCUT2D eigenvalue weighted by Crippen LogP contribution is -2.20. The van der Waals surface area contributed by atoms with Gasteiger partial charge in [-0.1, -0.05) is 41.5 Å². The molecule has 0 aliphatic rings. The number of hydrogen-bond donors (Lipinski definition) is 3. The lowest BCUT2D eigenvalue weighted by atomic mass is 10.0. The van der Waals surface area contributed by atoms with E-state index in [9.17, 15) is 5.11 Å². The van der Waals surface area contributed by atoms with Crippen LogP contribution in [0.25, 0.3) is 11.3 Å². The molecule has 0 fully saturated rings. The Morgan fingerprint density at radius 1 is 0.897 bits per heavy atom. The Morgan fingerprint density at radius 2 is 1.59 bits per heavy atom. The molecule has 0 atom stereocenters. The summed E-state index contributed by atoms with van der Waals surface area (Å²) in [5.41, 5.74) is 4.77. The number of nitrogens with zero attached hydrogens (tertiary/aromatic N) is 3. The molecule has 0 radical (unpaired) electrons. The summed E-state index contributed by atoms with van der Waals surface area (Å²) in [6, 6.07) is 4.55. The molecule has 2 aromatic heterocycles. The molecule has 2 heterocycles. The maximum atomic E-state index is 9.29. The van der Waals surface area contributed by atoms with E-state index in [1.165, 1.54) is 0 Å². The lowest BCUT2D eigenvalue weighted by Gasteiger charge is -2.20. The second-order valence-corrected chi connectivity index (χ2v) is 7.62. The molecule has 3 N–H and O–H groups in total. The van der Waals surface area contributed by atoms with Gasteiger partial charge in [0.15, 0.2) is 0 Å². The molecule has 0 spiro atoms. The van der Waals surface area contributed by atoms with Gasteiger partial charge in [-0.15, -0.1) is 0 Å². The fourth-order valence-corrected chi connectivity index (χ4v) is 3.31. The van der Waals surface area contributed by atoms with Gasteiger partial charge in [-0.3, -0.25) is 0 Å². The summed E-state index contributed by atoms with van der Waals surface area (Å²) in [5, 5.41) is 16.1. The van der Waals surface area contributed by atoms with Crippen LogP contribution in [0, 0.1) is 0 Å². The standard InChI is InChI=1S/C23H37N5O/c1-7-16(8-2)25-23-19(10-4)26-21(18(9-3)27-23)17-11-12-20(15(5)6)28-22(17)24-13-14-29/h11-12,15-16,29H,7-10,13-14H2,1-6H3,(H,24,28)(H,25,27). The number of anilines is 2. The van der Waals surface area contributed by atoms with Gasteiger partial charge in [0.05, 0.1) is 23.7 Å². The Balaban J connectivity index is 2.58. The highest BCUT2D eigenvalue weighted by atomic mass is 16.3. The van der Waals surface area contributed by atoms with E-state index in [1.807, 2.05) is 0 Å². The van der Waals surface area contributed by atoms with Crippen LogP contribution in [-0.2, 0) is 12.8 Å². The molecule has 160 valence electrons. The monoisotopic (exact) mass is 399 g/mol. The predicted octanol–water partition coefficient (Wildman–Crippen LogP) is 4.79. The summed E-state index contributed by atoms with van der Waals surface area (Å²) in [7, 11) is 0. The molecule has 0 aromatic carbocycles. The minimum absolute atomic E-state index is 0.0534. The van der Waals surface area contributed by atoms with Crippen LogP contribution in [0.4, 0.5) is 11.6 Å². The number of aliphatic hydroxyl groups is 1. The van der Waals surface area contributed by atoms with Gasteiger partial charge in [-0.25, -0.2) is 15.0 Å². The van der Waals surface area contributed by atoms with Crippen LogP contribution in [0.1, 0.15) is 77.4 Å². The van der Waals surface area contributed by atoms with Crippen molar-refractivity contribution in [1.29, 1.82) is 0 Å². The molecule has 0 aliphatic carbocycles. The first kappa shape index (κ1) is 23.1. The normalized spacial score (nSPS) is 11.3. The van der Waals surface area contributed by atoms with Gasteiger partial charge < -0.3 is 15.7 Å². The van der Waals surface area contributed by atoms with Crippen molar-refractivity contribution in [1.82, 2.24) is 15.0 Å². The molecular weight excluding hydrogens is 362 g/mol. The fraction of sp³-hybridized carbons (Fsp3) is 0.609. The zero-order valence-electron chi connectivity index (χ0n) is 18.8. The maximum Gasteiger partial charge on any atom is 0.148 e. The number of pyridine rings is 1. The van der Waals surface area contributed by atoms with Gasteiger partial charge in [-0.2, -0.15) is 0 Å². The molecule has 29 heavy (non-hydrogen) atoms. The van der Waals surface area contributed by atoms with Crippen molar-refractivity contribution in [2.45, 2.75) is 79.2 Å². The Labute approximate surface area is 175 Å². The average Bonchev–Trinajstić information content (AvgIpc) is 2.75. The highest BCUT2D eigenvalue weighted by Crippen LogP contribution is 2.31. The first-order valence-electron chi connectivity index (χ1n) is 11.0. The van der Waals surface area contributed by atoms with Gasteiger partial charge in [0.25, 0.3) is 0 Å². The van der Waals surface area contributed by atoms with E-state index in [0.717, 1.165) is 65.7 Å². The van der Waals surface area contributed by atoms with Crippen LogP contribution in [-0.4, -0.2) is 39.3 Å². The first-order chi connectivity index (χ1) is 14.0. The molecule has 6 heteroatoms. The van der Waals surface area contributed by atoms with Crippen molar-refractivity contribution in [3.05, 3.63) is 29.2 Å². The van der Waals surface area contributed by atoms with Crippen molar-refractivity contribution in [2.24, 2.45) is 0 Å². The molecule has 0 bridgehead atoms. The quantitative estimate of drug-likeness (QED) is 0.504. The van der Waals surface area contributed by atoms with Crippen molar-refractivity contribution in [3.8, 4) is 11.3 Å². The fourth-order valence-electron chi connectivity index (χ4n) is 3.31. The Hall–Kier alpha value is -2.21. The zero-order valence-corrected chi connectivity index (χ0v) is 18.8. The van der Waals surface area contributed by atoms with Crippen molar-refractivity contribution < 1.29 is 5.11 Å². The minimum Gasteiger partial charge on any atom is -0.395 e. The van der Waals surface area contributed by atoms with Gasteiger partial charge in [0.1, 0.15) is 11.6 Å². The minimum atomic E-state index is 0.0534. The summed E-state index contributed by atoms with van der Waals surface area (Å²) in [4.78, 5) is 14.8. The van der Waals surface area contributed by atoms with Crippen LogP contribution in [0.2, 0.25) is 0 Å². The molecule has 0 saturated heterocycles. The van der Waals surface area contributed by atoms with Crippen LogP contribution >= 0.6 is 0 Å². The molecule has 6 nitrogen and oxygen atoms in total. The number of nitrogens with one attached hydrogen (secondary N) is 2. The number of hydrogen-bond acceptors (Lipinski definition) is 6. The molecular formula is C23H37N5O. The third-order valence-corrected chi connectivity index (χ3v) is 5.20. The Bertz CT molecular complexity index is 787. The van der Waals surface area contributed by atoms with E-state index < -0.39 is 0 Å². The summed E-state index contributed by atoms with van der Waals surface area (Å²) >= 11 is 0. The number of rotatable bonds is 11. The predicted molar refractivity (Wildman–Crippen MR) is 122 cm³/mol. The van der Waals surface area contributed by atoms with Crippen molar-refractivity contribution >= 4 is 11.6 Å². The highest BCUT2D eigenvalue weighted by Gasteiger charge is 2.19. The maximum absolute atomic E-state index is 9.29. The second kappa shape index (κ2) is 11.1. The first-order valence-corrected chi connectivity index (χ1v) is 11.0. The number of aryl methyl sites for hydroxylation is 2. The van der Waals surface area contributed by atoms with E-state index in [0.29, 0.717) is 18.5 Å². The van der Waals surface area contributed by atoms with Crippen LogP contribution in [0.15, 0.2) is 12.1 Å². The van der Waals surface area contributed by atoms with Crippen molar-refractivity contribution in [2.75, 3.05) is 23.8 Å². The van der Waals surface area contributed by atoms with Gasteiger partial charge in [0.2, 0.25) is 0 Å². The Morgan fingerprint density at radius 3 is 2.14 bits per heavy atom. The van der Waals surface area contributed by atoms with E-state index >= 15 is 0 Å². The highest BCUT2D eigenvalue weighted by molar-refractivity contribution is 5.75. The molecule has 0 unspecified atom stereocenters. The SMILES string of the molecule is CCc1nc(-c2ccc(C(C)C)nc2NCCO)c(CC)nc1NC(CC)CC. The molecule has 2 aromatic rings. The van der Waals surface area contributed by atoms with Gasteiger partial charge >= 0.3 is 0 Å². The zero-order chi connectivity index (χ0) is 21.4. The van der Waals surface area contributed by atoms with E-state index in [1.54, 1.807) is 0 Å². The summed E-state index contributed by atoms with van der Waals surface area (Å²) in [5.74, 6) is 1.99. The summed E-state index contributed by atoms with van der Waals surface area (Å²) in [6.45, 7) is 13.4. The molecule has 2 rings (SSSR count). The molecule has 0 amide bonds. The van der Waals surface area contributed by atoms with Crippen LogP contribution in [0.3, 0.4) is 0 Å². The smallest absolute Gasteiger partial charge is 0.148 e. The third kappa shape index (κ3) is 5.66.